The third-order valence-electron chi connectivity index (χ3n) is 4.91. The Balaban J connectivity index is 1.47. The molecule has 0 saturated heterocycles. The summed E-state index contributed by atoms with van der Waals surface area (Å²) < 4.78 is 5.19. The van der Waals surface area contributed by atoms with Crippen LogP contribution in [0.4, 0.5) is 11.4 Å². The van der Waals surface area contributed by atoms with Gasteiger partial charge >= 0.3 is 0 Å². The number of carbonyl (C=O) groups is 3. The minimum absolute atomic E-state index is 0.00848. The number of rotatable bonds is 6. The first-order chi connectivity index (χ1) is 15.3. The number of furan rings is 1. The zero-order chi connectivity index (χ0) is 22.8. The van der Waals surface area contributed by atoms with Crippen LogP contribution < -0.4 is 15.5 Å². The summed E-state index contributed by atoms with van der Waals surface area (Å²) in [7, 11) is 0. The van der Waals surface area contributed by atoms with Crippen LogP contribution >= 0.6 is 11.6 Å². The summed E-state index contributed by atoms with van der Waals surface area (Å²) in [5.41, 5.74) is 3.27. The van der Waals surface area contributed by atoms with Crippen molar-refractivity contribution in [3.05, 3.63) is 94.0 Å². The van der Waals surface area contributed by atoms with Crippen molar-refractivity contribution in [2.45, 2.75) is 20.4 Å². The highest BCUT2D eigenvalue weighted by molar-refractivity contribution is 6.53. The van der Waals surface area contributed by atoms with E-state index in [1.807, 2.05) is 19.9 Å². The predicted molar refractivity (Wildman–Crippen MR) is 121 cm³/mol. The van der Waals surface area contributed by atoms with Gasteiger partial charge in [-0.3, -0.25) is 14.4 Å². The van der Waals surface area contributed by atoms with Gasteiger partial charge in [0.05, 0.1) is 18.5 Å². The fourth-order valence-corrected chi connectivity index (χ4v) is 3.67. The fraction of sp³-hybridized carbons (Fsp3) is 0.125. The molecule has 2 N–H and O–H groups in total. The Bertz CT molecular complexity index is 1210. The predicted octanol–water partition coefficient (Wildman–Crippen LogP) is 4.26. The van der Waals surface area contributed by atoms with Gasteiger partial charge in [0, 0.05) is 11.3 Å². The molecule has 0 spiro atoms. The Morgan fingerprint density at radius 3 is 2.31 bits per heavy atom. The molecule has 3 amide bonds. The van der Waals surface area contributed by atoms with E-state index in [0.29, 0.717) is 22.7 Å². The van der Waals surface area contributed by atoms with E-state index in [4.69, 9.17) is 16.0 Å². The first-order valence-electron chi connectivity index (χ1n) is 9.88. The van der Waals surface area contributed by atoms with Gasteiger partial charge in [-0.25, -0.2) is 4.90 Å². The number of imide groups is 1. The Hall–Kier alpha value is -3.84. The molecule has 0 fully saturated rings. The van der Waals surface area contributed by atoms with Crippen LogP contribution in [0.25, 0.3) is 0 Å². The SMILES string of the molecule is Cc1cc(C)cc(N2C(=O)C(Cl)=C(Nc3ccc(C(=O)NCc4ccco4)cc3)C2=O)c1. The van der Waals surface area contributed by atoms with Gasteiger partial charge in [-0.1, -0.05) is 17.7 Å². The number of carbonyl (C=O) groups excluding carboxylic acids is 3. The number of nitrogens with one attached hydrogen (secondary N) is 2. The molecule has 0 unspecified atom stereocenters. The van der Waals surface area contributed by atoms with Gasteiger partial charge in [-0.2, -0.15) is 0 Å². The van der Waals surface area contributed by atoms with E-state index in [1.54, 1.807) is 48.5 Å². The second-order valence-electron chi connectivity index (χ2n) is 7.45. The van der Waals surface area contributed by atoms with Gasteiger partial charge in [-0.05, 0) is 73.5 Å². The first kappa shape index (κ1) is 21.4. The Kier molecular flexibility index (Phi) is 5.83. The van der Waals surface area contributed by atoms with Crippen LogP contribution in [-0.2, 0) is 16.1 Å². The summed E-state index contributed by atoms with van der Waals surface area (Å²) in [5, 5.41) is 5.48. The zero-order valence-corrected chi connectivity index (χ0v) is 18.2. The number of hydrogen-bond donors (Lipinski definition) is 2. The van der Waals surface area contributed by atoms with Crippen molar-refractivity contribution in [1.82, 2.24) is 5.32 Å². The molecule has 4 rings (SSSR count). The summed E-state index contributed by atoms with van der Waals surface area (Å²) in [6, 6.07) is 15.5. The molecule has 2 aromatic carbocycles. The lowest BCUT2D eigenvalue weighted by molar-refractivity contribution is -0.120. The summed E-state index contributed by atoms with van der Waals surface area (Å²) in [6.07, 6.45) is 1.54. The van der Waals surface area contributed by atoms with Crippen molar-refractivity contribution in [3.8, 4) is 0 Å². The van der Waals surface area contributed by atoms with Gasteiger partial charge in [0.25, 0.3) is 17.7 Å². The number of halogens is 1. The van der Waals surface area contributed by atoms with Gasteiger partial charge < -0.3 is 15.1 Å². The molecular formula is C24H20ClN3O4. The largest absolute Gasteiger partial charge is 0.467 e. The highest BCUT2D eigenvalue weighted by Crippen LogP contribution is 2.31. The average molecular weight is 450 g/mol. The van der Waals surface area contributed by atoms with Crippen molar-refractivity contribution in [2.24, 2.45) is 0 Å². The molecule has 1 aliphatic heterocycles. The van der Waals surface area contributed by atoms with E-state index in [1.165, 1.54) is 6.26 Å². The molecule has 7 nitrogen and oxygen atoms in total. The lowest BCUT2D eigenvalue weighted by Gasteiger charge is -2.16. The van der Waals surface area contributed by atoms with Crippen molar-refractivity contribution in [1.29, 1.82) is 0 Å². The molecule has 0 bridgehead atoms. The van der Waals surface area contributed by atoms with E-state index < -0.39 is 11.8 Å². The standard InChI is InChI=1S/C24H20ClN3O4/c1-14-10-15(2)12-18(11-14)28-23(30)20(25)21(24(28)31)27-17-7-5-16(6-8-17)22(29)26-13-19-4-3-9-32-19/h3-12,27H,13H2,1-2H3,(H,26,29). The first-order valence-corrected chi connectivity index (χ1v) is 10.3. The van der Waals surface area contributed by atoms with Crippen molar-refractivity contribution < 1.29 is 18.8 Å². The third-order valence-corrected chi connectivity index (χ3v) is 5.26. The van der Waals surface area contributed by atoms with Gasteiger partial charge in [0.15, 0.2) is 0 Å². The maximum Gasteiger partial charge on any atom is 0.283 e. The second kappa shape index (κ2) is 8.72. The van der Waals surface area contributed by atoms with E-state index in [-0.39, 0.29) is 23.2 Å². The second-order valence-corrected chi connectivity index (χ2v) is 7.82. The molecule has 3 aromatic rings. The Morgan fingerprint density at radius 2 is 1.69 bits per heavy atom. The molecule has 0 radical (unpaired) electrons. The van der Waals surface area contributed by atoms with E-state index >= 15 is 0 Å². The zero-order valence-electron chi connectivity index (χ0n) is 17.4. The average Bonchev–Trinajstić information content (AvgIpc) is 3.35. The molecule has 0 saturated carbocycles. The molecule has 0 aliphatic carbocycles. The van der Waals surface area contributed by atoms with Crippen molar-refractivity contribution in [3.63, 3.8) is 0 Å². The van der Waals surface area contributed by atoms with E-state index in [0.717, 1.165) is 16.0 Å². The van der Waals surface area contributed by atoms with Crippen LogP contribution in [0.1, 0.15) is 27.2 Å². The maximum atomic E-state index is 13.0. The van der Waals surface area contributed by atoms with Gasteiger partial charge in [0.2, 0.25) is 0 Å². The van der Waals surface area contributed by atoms with Crippen LogP contribution in [0.2, 0.25) is 0 Å². The van der Waals surface area contributed by atoms with E-state index in [9.17, 15) is 14.4 Å². The normalized spacial score (nSPS) is 13.7. The van der Waals surface area contributed by atoms with Crippen molar-refractivity contribution >= 4 is 40.7 Å². The smallest absolute Gasteiger partial charge is 0.283 e. The summed E-state index contributed by atoms with van der Waals surface area (Å²) in [5.74, 6) is -0.738. The summed E-state index contributed by atoms with van der Waals surface area (Å²) >= 11 is 6.20. The maximum absolute atomic E-state index is 13.0. The molecule has 162 valence electrons. The number of anilines is 2. The van der Waals surface area contributed by atoms with Gasteiger partial charge in [0.1, 0.15) is 16.5 Å². The highest BCUT2D eigenvalue weighted by Gasteiger charge is 2.39. The topological polar surface area (TPSA) is 91.7 Å². The number of hydrogen-bond acceptors (Lipinski definition) is 5. The Labute approximate surface area is 189 Å². The third kappa shape index (κ3) is 4.29. The molecule has 1 aromatic heterocycles. The molecular weight excluding hydrogens is 430 g/mol. The van der Waals surface area contributed by atoms with Crippen LogP contribution in [0.15, 0.2) is 76.0 Å². The molecule has 1 aliphatic rings. The minimum atomic E-state index is -0.585. The molecule has 2 heterocycles. The van der Waals surface area contributed by atoms with Crippen LogP contribution in [0.5, 0.6) is 0 Å². The molecule has 32 heavy (non-hydrogen) atoms. The Morgan fingerprint density at radius 1 is 1.00 bits per heavy atom. The van der Waals surface area contributed by atoms with Crippen LogP contribution in [0, 0.1) is 13.8 Å². The monoisotopic (exact) mass is 449 g/mol. The lowest BCUT2D eigenvalue weighted by Crippen LogP contribution is -2.32. The highest BCUT2D eigenvalue weighted by atomic mass is 35.5. The van der Waals surface area contributed by atoms with E-state index in [2.05, 4.69) is 10.6 Å². The fourth-order valence-electron chi connectivity index (χ4n) is 3.46. The summed E-state index contributed by atoms with van der Waals surface area (Å²) in [6.45, 7) is 4.06. The lowest BCUT2D eigenvalue weighted by atomic mass is 10.1. The van der Waals surface area contributed by atoms with Crippen molar-refractivity contribution in [2.75, 3.05) is 10.2 Å². The number of nitrogens with zero attached hydrogens (tertiary/aromatic N) is 1. The number of aryl methyl sites for hydroxylation is 2. The minimum Gasteiger partial charge on any atom is -0.467 e. The number of amides is 3. The molecule has 0 atom stereocenters. The van der Waals surface area contributed by atoms with Crippen LogP contribution in [0.3, 0.4) is 0 Å². The number of benzene rings is 2. The molecule has 8 heteroatoms. The quantitative estimate of drug-likeness (QED) is 0.548. The summed E-state index contributed by atoms with van der Waals surface area (Å²) in [4.78, 5) is 39.0. The van der Waals surface area contributed by atoms with Crippen LogP contribution in [-0.4, -0.2) is 17.7 Å². The van der Waals surface area contributed by atoms with Gasteiger partial charge in [-0.15, -0.1) is 0 Å².